The molecule has 0 unspecified atom stereocenters. The highest BCUT2D eigenvalue weighted by molar-refractivity contribution is 5.93. The van der Waals surface area contributed by atoms with E-state index in [1.165, 1.54) is 5.56 Å². The molecule has 6 rings (SSSR count). The average molecular weight is 513 g/mol. The van der Waals surface area contributed by atoms with Crippen LogP contribution in [0.1, 0.15) is 32.7 Å². The number of nitrogens with one attached hydrogen (secondary N) is 1. The van der Waals surface area contributed by atoms with Crippen LogP contribution >= 0.6 is 0 Å². The molecule has 6 nitrogen and oxygen atoms in total. The Labute approximate surface area is 226 Å². The molecule has 0 aliphatic rings. The normalized spacial score (nSPS) is 11.2. The molecule has 0 bridgehead atoms. The highest BCUT2D eigenvalue weighted by Gasteiger charge is 2.19. The fourth-order valence-corrected chi connectivity index (χ4v) is 5.14. The fourth-order valence-electron chi connectivity index (χ4n) is 5.14. The predicted molar refractivity (Wildman–Crippen MR) is 154 cm³/mol. The van der Waals surface area contributed by atoms with Crippen LogP contribution in [0.15, 0.2) is 102 Å². The van der Waals surface area contributed by atoms with Crippen LogP contribution in [0.3, 0.4) is 0 Å². The summed E-state index contributed by atoms with van der Waals surface area (Å²) in [6, 6.07) is 30.1. The largest absolute Gasteiger partial charge is 0.355 e. The van der Waals surface area contributed by atoms with E-state index in [0.29, 0.717) is 12.3 Å². The van der Waals surface area contributed by atoms with Gasteiger partial charge in [-0.25, -0.2) is 4.68 Å². The number of hydrogen-bond acceptors (Lipinski definition) is 4. The van der Waals surface area contributed by atoms with E-state index in [4.69, 9.17) is 9.62 Å². The van der Waals surface area contributed by atoms with Crippen molar-refractivity contribution >= 4 is 16.7 Å². The molecule has 39 heavy (non-hydrogen) atoms. The topological polar surface area (TPSA) is 73.0 Å². The number of hydrogen-bond donors (Lipinski definition) is 1. The minimum absolute atomic E-state index is 0.234. The molecular formula is C33H28N4O2. The molecule has 0 spiro atoms. The van der Waals surface area contributed by atoms with Crippen molar-refractivity contribution in [3.8, 4) is 28.3 Å². The Kier molecular flexibility index (Phi) is 6.29. The van der Waals surface area contributed by atoms with E-state index in [1.54, 1.807) is 6.07 Å². The summed E-state index contributed by atoms with van der Waals surface area (Å²) in [5.74, 6) is 0.246. The third-order valence-corrected chi connectivity index (χ3v) is 6.94. The van der Waals surface area contributed by atoms with Gasteiger partial charge in [-0.2, -0.15) is 5.10 Å². The van der Waals surface area contributed by atoms with E-state index < -0.39 is 0 Å². The van der Waals surface area contributed by atoms with Crippen molar-refractivity contribution in [2.24, 2.45) is 0 Å². The summed E-state index contributed by atoms with van der Waals surface area (Å²) in [6.07, 6.45) is 1.98. The van der Waals surface area contributed by atoms with Gasteiger partial charge in [0.15, 0.2) is 11.5 Å². The third kappa shape index (κ3) is 4.84. The Morgan fingerprint density at radius 3 is 2.33 bits per heavy atom. The number of nitrogens with zero attached hydrogens (tertiary/aromatic N) is 3. The summed E-state index contributed by atoms with van der Waals surface area (Å²) in [6.45, 7) is 6.59. The first kappa shape index (κ1) is 24.4. The Morgan fingerprint density at radius 2 is 1.56 bits per heavy atom. The summed E-state index contributed by atoms with van der Waals surface area (Å²) in [4.78, 5) is 13.1. The van der Waals surface area contributed by atoms with Crippen molar-refractivity contribution in [2.45, 2.75) is 27.3 Å². The molecule has 1 N–H and O–H groups in total. The molecule has 2 heterocycles. The second kappa shape index (κ2) is 10.1. The van der Waals surface area contributed by atoms with E-state index in [2.05, 4.69) is 49.4 Å². The van der Waals surface area contributed by atoms with Crippen molar-refractivity contribution in [3.63, 3.8) is 0 Å². The molecule has 0 saturated heterocycles. The Hall–Kier alpha value is -4.97. The molecule has 0 radical (unpaired) electrons. The van der Waals surface area contributed by atoms with Crippen LogP contribution in [0.5, 0.6) is 0 Å². The number of aryl methyl sites for hydroxylation is 3. The summed E-state index contributed by atoms with van der Waals surface area (Å²) >= 11 is 0. The molecule has 2 aromatic heterocycles. The summed E-state index contributed by atoms with van der Waals surface area (Å²) in [7, 11) is 0. The van der Waals surface area contributed by atoms with Crippen molar-refractivity contribution in [1.82, 2.24) is 20.3 Å². The van der Waals surface area contributed by atoms with Gasteiger partial charge in [0, 0.05) is 35.5 Å². The highest BCUT2D eigenvalue weighted by Crippen LogP contribution is 2.31. The number of carbonyl (C=O) groups is 1. The summed E-state index contributed by atoms with van der Waals surface area (Å²) < 4.78 is 7.41. The lowest BCUT2D eigenvalue weighted by molar-refractivity contribution is 0.0942. The SMILES string of the molecule is Cc1cc(C)c(-c2nn(-c3ccccc3)cc2CNC(=O)c2cc(-c3ccc4ccccc4c3)on2)c(C)c1. The Bertz CT molecular complexity index is 1790. The standard InChI is InChI=1S/C33H28N4O2/c1-21-15-22(2)31(23(3)16-21)32-27(20-37(35-32)28-11-5-4-6-12-28)19-34-33(38)29-18-30(39-36-29)26-14-13-24-9-7-8-10-25(24)17-26/h4-18,20H,19H2,1-3H3,(H,34,38). The van der Waals surface area contributed by atoms with Crippen LogP contribution in [-0.2, 0) is 6.54 Å². The maximum Gasteiger partial charge on any atom is 0.273 e. The molecule has 6 heteroatoms. The first-order chi connectivity index (χ1) is 19.0. The van der Waals surface area contributed by atoms with Gasteiger partial charge in [0.25, 0.3) is 5.91 Å². The number of benzene rings is 4. The highest BCUT2D eigenvalue weighted by atomic mass is 16.5. The van der Waals surface area contributed by atoms with E-state index in [9.17, 15) is 4.79 Å². The van der Waals surface area contributed by atoms with Gasteiger partial charge in [0.05, 0.1) is 11.4 Å². The molecule has 0 fully saturated rings. The zero-order valence-corrected chi connectivity index (χ0v) is 22.1. The lowest BCUT2D eigenvalue weighted by atomic mass is 9.95. The Morgan fingerprint density at radius 1 is 0.846 bits per heavy atom. The lowest BCUT2D eigenvalue weighted by Crippen LogP contribution is -2.23. The maximum atomic E-state index is 13.1. The van der Waals surface area contributed by atoms with E-state index in [0.717, 1.165) is 50.0 Å². The average Bonchev–Trinajstić information content (AvgIpc) is 3.60. The molecule has 0 aliphatic carbocycles. The van der Waals surface area contributed by atoms with Gasteiger partial charge in [-0.1, -0.05) is 77.5 Å². The monoisotopic (exact) mass is 512 g/mol. The number of amides is 1. The quantitative estimate of drug-likeness (QED) is 0.256. The Balaban J connectivity index is 1.28. The number of aromatic nitrogens is 3. The van der Waals surface area contributed by atoms with E-state index in [1.807, 2.05) is 77.6 Å². The summed E-state index contributed by atoms with van der Waals surface area (Å²) in [5.41, 5.74) is 8.42. The fraction of sp³-hybridized carbons (Fsp3) is 0.121. The minimum atomic E-state index is -0.304. The van der Waals surface area contributed by atoms with Crippen molar-refractivity contribution in [2.75, 3.05) is 0 Å². The van der Waals surface area contributed by atoms with E-state index >= 15 is 0 Å². The first-order valence-electron chi connectivity index (χ1n) is 12.9. The van der Waals surface area contributed by atoms with Crippen molar-refractivity contribution < 1.29 is 9.32 Å². The van der Waals surface area contributed by atoms with Crippen molar-refractivity contribution in [3.05, 3.63) is 125 Å². The molecule has 6 aromatic rings. The van der Waals surface area contributed by atoms with Crippen LogP contribution in [0.2, 0.25) is 0 Å². The lowest BCUT2D eigenvalue weighted by Gasteiger charge is -2.11. The number of para-hydroxylation sites is 1. The van der Waals surface area contributed by atoms with Gasteiger partial charge in [-0.3, -0.25) is 4.79 Å². The molecule has 4 aromatic carbocycles. The number of rotatable bonds is 6. The molecule has 192 valence electrons. The van der Waals surface area contributed by atoms with Gasteiger partial charge >= 0.3 is 0 Å². The minimum Gasteiger partial charge on any atom is -0.355 e. The molecular weight excluding hydrogens is 484 g/mol. The van der Waals surface area contributed by atoms with Gasteiger partial charge in [-0.05, 0) is 60.9 Å². The number of carbonyl (C=O) groups excluding carboxylic acids is 1. The smallest absolute Gasteiger partial charge is 0.273 e. The third-order valence-electron chi connectivity index (χ3n) is 6.94. The zero-order valence-electron chi connectivity index (χ0n) is 22.1. The zero-order chi connectivity index (χ0) is 26.9. The van der Waals surface area contributed by atoms with Crippen LogP contribution < -0.4 is 5.32 Å². The second-order valence-electron chi connectivity index (χ2n) is 9.88. The van der Waals surface area contributed by atoms with Crippen LogP contribution in [0.4, 0.5) is 0 Å². The second-order valence-corrected chi connectivity index (χ2v) is 9.88. The maximum absolute atomic E-state index is 13.1. The van der Waals surface area contributed by atoms with Gasteiger partial charge in [-0.15, -0.1) is 0 Å². The van der Waals surface area contributed by atoms with Crippen LogP contribution in [0, 0.1) is 20.8 Å². The van der Waals surface area contributed by atoms with Crippen LogP contribution in [0.25, 0.3) is 39.0 Å². The van der Waals surface area contributed by atoms with Gasteiger partial charge in [0.2, 0.25) is 0 Å². The van der Waals surface area contributed by atoms with E-state index in [-0.39, 0.29) is 11.6 Å². The molecule has 1 amide bonds. The molecule has 0 aliphatic heterocycles. The van der Waals surface area contributed by atoms with Crippen molar-refractivity contribution in [1.29, 1.82) is 0 Å². The molecule has 0 atom stereocenters. The van der Waals surface area contributed by atoms with Gasteiger partial charge in [0.1, 0.15) is 0 Å². The van der Waals surface area contributed by atoms with Gasteiger partial charge < -0.3 is 9.84 Å². The van der Waals surface area contributed by atoms with Crippen LogP contribution in [-0.4, -0.2) is 20.8 Å². The summed E-state index contributed by atoms with van der Waals surface area (Å²) in [5, 5.41) is 14.3. The first-order valence-corrected chi connectivity index (χ1v) is 12.9. The number of fused-ring (bicyclic) bond motifs is 1. The predicted octanol–water partition coefficient (Wildman–Crippen LogP) is 7.20. The molecule has 0 saturated carbocycles.